The van der Waals surface area contributed by atoms with Gasteiger partial charge in [-0.15, -0.1) is 0 Å². The maximum atomic E-state index is 14.4. The maximum Gasteiger partial charge on any atom is 0.408 e. The molecule has 51 heavy (non-hydrogen) atoms. The lowest BCUT2D eigenvalue weighted by Crippen LogP contribution is -2.58. The van der Waals surface area contributed by atoms with Gasteiger partial charge >= 0.3 is 6.09 Å². The molecule has 15 heteroatoms. The Morgan fingerprint density at radius 2 is 1.78 bits per heavy atom. The number of fused-ring (bicyclic) bond motifs is 3. The van der Waals surface area contributed by atoms with Gasteiger partial charge in [-0.05, 0) is 77.8 Å². The molecule has 0 spiro atoms. The molecule has 0 radical (unpaired) electrons. The molecule has 3 fully saturated rings. The molecular weight excluding hydrogens is 676 g/mol. The van der Waals surface area contributed by atoms with E-state index in [9.17, 15) is 27.6 Å². The number of hydrogen-bond acceptors (Lipinski definition) is 10. The summed E-state index contributed by atoms with van der Waals surface area (Å²) >= 11 is 0. The predicted molar refractivity (Wildman–Crippen MR) is 188 cm³/mol. The van der Waals surface area contributed by atoms with Gasteiger partial charge in [0.05, 0.1) is 22.8 Å². The van der Waals surface area contributed by atoms with Crippen LogP contribution < -0.4 is 20.1 Å². The van der Waals surface area contributed by atoms with Crippen LogP contribution in [0.2, 0.25) is 0 Å². The number of amides is 4. The average Bonchev–Trinajstić information content (AvgIpc) is 3.99. The summed E-state index contributed by atoms with van der Waals surface area (Å²) in [5.74, 6) is -2.00. The number of rotatable bonds is 7. The molecule has 1 aromatic heterocycles. The number of carbonyl (C=O) groups is 4. The Hall–Kier alpha value is -4.27. The van der Waals surface area contributed by atoms with Gasteiger partial charge in [0.1, 0.15) is 35.0 Å². The molecule has 1 aromatic carbocycles. The van der Waals surface area contributed by atoms with Gasteiger partial charge in [-0.2, -0.15) is 0 Å². The van der Waals surface area contributed by atoms with Crippen LogP contribution in [-0.4, -0.2) is 88.2 Å². The summed E-state index contributed by atoms with van der Waals surface area (Å²) in [5.41, 5.74) is -0.314. The minimum atomic E-state index is -3.88. The number of aryl methyl sites for hydroxylation is 1. The summed E-state index contributed by atoms with van der Waals surface area (Å²) in [6, 6.07) is 5.33. The van der Waals surface area contributed by atoms with Crippen molar-refractivity contribution in [3.8, 4) is 5.88 Å². The van der Waals surface area contributed by atoms with Crippen molar-refractivity contribution in [3.63, 3.8) is 0 Å². The fraction of sp³-hybridized carbons (Fsp3) is 0.611. The van der Waals surface area contributed by atoms with Gasteiger partial charge in [0, 0.05) is 12.3 Å². The molecular formula is C36H48N6O8S. The fourth-order valence-corrected chi connectivity index (χ4v) is 8.16. The van der Waals surface area contributed by atoms with Gasteiger partial charge in [0.2, 0.25) is 27.7 Å². The van der Waals surface area contributed by atoms with Crippen molar-refractivity contribution < 1.29 is 37.1 Å². The lowest BCUT2D eigenvalue weighted by Gasteiger charge is -2.30. The molecule has 2 saturated carbocycles. The van der Waals surface area contributed by atoms with Crippen molar-refractivity contribution >= 4 is 44.9 Å². The zero-order valence-electron chi connectivity index (χ0n) is 29.6. The molecule has 3 heterocycles. The molecule has 4 aliphatic rings. The number of sulfonamides is 1. The number of nitrogens with zero attached hydrogens (tertiary/aromatic N) is 3. The fourth-order valence-electron chi connectivity index (χ4n) is 6.80. The Balaban J connectivity index is 1.31. The number of alkyl carbamates (subject to hydrolysis) is 1. The highest BCUT2D eigenvalue weighted by Crippen LogP contribution is 2.46. The van der Waals surface area contributed by atoms with E-state index < -0.39 is 74.3 Å². The van der Waals surface area contributed by atoms with E-state index in [1.165, 1.54) is 4.90 Å². The molecule has 0 bridgehead atoms. The summed E-state index contributed by atoms with van der Waals surface area (Å²) in [6.07, 6.45) is 7.38. The topological polar surface area (TPSA) is 186 Å². The Kier molecular flexibility index (Phi) is 10.3. The number of nitrogens with one attached hydrogen (secondary N) is 3. The lowest BCUT2D eigenvalue weighted by molar-refractivity contribution is -0.141. The first-order chi connectivity index (χ1) is 24.2. The minimum absolute atomic E-state index is 0.000331. The molecule has 0 unspecified atom stereocenters. The van der Waals surface area contributed by atoms with Crippen LogP contribution in [0.25, 0.3) is 11.0 Å². The van der Waals surface area contributed by atoms with E-state index in [2.05, 4.69) is 15.4 Å². The second kappa shape index (κ2) is 14.4. The van der Waals surface area contributed by atoms with E-state index in [0.717, 1.165) is 12.8 Å². The van der Waals surface area contributed by atoms with Crippen LogP contribution in [0, 0.1) is 5.92 Å². The molecule has 1 saturated heterocycles. The number of benzene rings is 1. The van der Waals surface area contributed by atoms with E-state index in [1.54, 1.807) is 20.8 Å². The highest BCUT2D eigenvalue weighted by Gasteiger charge is 2.62. The monoisotopic (exact) mass is 724 g/mol. The van der Waals surface area contributed by atoms with Crippen LogP contribution in [0.3, 0.4) is 0 Å². The van der Waals surface area contributed by atoms with Crippen molar-refractivity contribution in [1.82, 2.24) is 30.2 Å². The smallest absolute Gasteiger partial charge is 0.408 e. The standard InChI is InChI=1S/C36H48N6O8S/c1-5-25-31(38-27-15-12-11-14-26(27)37-25)49-23-19-29-30(43)40-36(33(45)41-51(47,48)24-17-18-24)20-22(36)13-9-7-6-8-10-16-28(32(44)42(29)21-23)39-34(46)50-35(2,3)4/h9,11-15,22-24,28-29H,5-8,10,16-21H2,1-4H3,(H,39,46)(H,40,43)(H,41,45)/b13-9-/t22-,23-,28+,29+,36-/m1/s1. The molecule has 5 atom stereocenters. The first kappa shape index (κ1) is 36.5. The van der Waals surface area contributed by atoms with Crippen LogP contribution in [-0.2, 0) is 35.6 Å². The van der Waals surface area contributed by atoms with Gasteiger partial charge in [-0.1, -0.05) is 44.1 Å². The molecule has 6 rings (SSSR count). The molecule has 2 aliphatic carbocycles. The Labute approximate surface area is 298 Å². The number of hydrogen-bond donors (Lipinski definition) is 3. The van der Waals surface area contributed by atoms with Gasteiger partial charge in [-0.3, -0.25) is 19.1 Å². The number of allylic oxidation sites excluding steroid dienone is 1. The van der Waals surface area contributed by atoms with Gasteiger partial charge in [0.25, 0.3) is 5.91 Å². The van der Waals surface area contributed by atoms with Crippen LogP contribution in [0.4, 0.5) is 4.79 Å². The number of aromatic nitrogens is 2. The third-order valence-electron chi connectivity index (χ3n) is 9.75. The summed E-state index contributed by atoms with van der Waals surface area (Å²) < 4.78 is 39.7. The van der Waals surface area contributed by atoms with Crippen molar-refractivity contribution in [3.05, 3.63) is 42.1 Å². The molecule has 3 N–H and O–H groups in total. The molecule has 2 aromatic rings. The van der Waals surface area contributed by atoms with Gasteiger partial charge in [-0.25, -0.2) is 23.2 Å². The highest BCUT2D eigenvalue weighted by molar-refractivity contribution is 7.91. The zero-order chi connectivity index (χ0) is 36.6. The summed E-state index contributed by atoms with van der Waals surface area (Å²) in [5, 5.41) is 4.99. The van der Waals surface area contributed by atoms with Crippen molar-refractivity contribution in [2.75, 3.05) is 6.54 Å². The average molecular weight is 725 g/mol. The Morgan fingerprint density at radius 1 is 1.06 bits per heavy atom. The van der Waals surface area contributed by atoms with Crippen molar-refractivity contribution in [2.45, 2.75) is 126 Å². The quantitative estimate of drug-likeness (QED) is 0.358. The molecule has 2 aliphatic heterocycles. The maximum absolute atomic E-state index is 14.4. The van der Waals surface area contributed by atoms with E-state index >= 15 is 0 Å². The Morgan fingerprint density at radius 3 is 2.47 bits per heavy atom. The predicted octanol–water partition coefficient (Wildman–Crippen LogP) is 3.44. The summed E-state index contributed by atoms with van der Waals surface area (Å²) in [6.45, 7) is 7.12. The van der Waals surface area contributed by atoms with Gasteiger partial charge in [0.15, 0.2) is 0 Å². The zero-order valence-corrected chi connectivity index (χ0v) is 30.5. The summed E-state index contributed by atoms with van der Waals surface area (Å²) in [7, 11) is -3.88. The largest absolute Gasteiger partial charge is 0.471 e. The SMILES string of the molecule is CCc1nc2ccccc2nc1O[C@@H]1C[C@H]2C(=O)N[C@]3(C(=O)NS(=O)(=O)C4CC4)C[C@H]3/C=C\CCCCC[C@H](NC(=O)OC(C)(C)C)C(=O)N2C1. The molecule has 4 amide bonds. The first-order valence-electron chi connectivity index (χ1n) is 18.0. The van der Waals surface area contributed by atoms with E-state index in [0.29, 0.717) is 61.1 Å². The first-order valence-corrected chi connectivity index (χ1v) is 19.5. The summed E-state index contributed by atoms with van der Waals surface area (Å²) in [4.78, 5) is 66.1. The van der Waals surface area contributed by atoms with Crippen LogP contribution in [0.15, 0.2) is 36.4 Å². The van der Waals surface area contributed by atoms with Crippen LogP contribution in [0.1, 0.15) is 91.2 Å². The lowest BCUT2D eigenvalue weighted by atomic mass is 10.0. The molecule has 276 valence electrons. The van der Waals surface area contributed by atoms with Gasteiger partial charge < -0.3 is 25.0 Å². The van der Waals surface area contributed by atoms with Crippen molar-refractivity contribution in [2.24, 2.45) is 5.92 Å². The number of para-hydroxylation sites is 2. The van der Waals surface area contributed by atoms with E-state index in [-0.39, 0.29) is 19.4 Å². The number of ether oxygens (including phenoxy) is 2. The number of carbonyl (C=O) groups excluding carboxylic acids is 4. The van der Waals surface area contributed by atoms with E-state index in [1.807, 2.05) is 43.3 Å². The third-order valence-corrected chi connectivity index (χ3v) is 11.6. The minimum Gasteiger partial charge on any atom is -0.471 e. The molecule has 14 nitrogen and oxygen atoms in total. The van der Waals surface area contributed by atoms with E-state index in [4.69, 9.17) is 19.4 Å². The normalized spacial score (nSPS) is 28.0. The third kappa shape index (κ3) is 8.45. The van der Waals surface area contributed by atoms with Crippen LogP contribution in [0.5, 0.6) is 5.88 Å². The second-order valence-corrected chi connectivity index (χ2v) is 17.0. The Bertz CT molecular complexity index is 1820. The highest BCUT2D eigenvalue weighted by atomic mass is 32.2. The second-order valence-electron chi connectivity index (χ2n) is 15.0. The van der Waals surface area contributed by atoms with Crippen molar-refractivity contribution in [1.29, 1.82) is 0 Å². The van der Waals surface area contributed by atoms with Crippen LogP contribution >= 0.6 is 0 Å².